The number of H-pyrrole nitrogens is 3. The molecule has 0 unspecified atom stereocenters. The zero-order valence-electron chi connectivity index (χ0n) is 63.3. The van der Waals surface area contributed by atoms with E-state index >= 15 is 0 Å². The van der Waals surface area contributed by atoms with Gasteiger partial charge in [0.1, 0.15) is 68.5 Å². The smallest absolute Gasteiger partial charge is 0.290 e. The first kappa shape index (κ1) is 76.5. The number of carbonyl (C=O) groups excluding carboxylic acids is 3. The van der Waals surface area contributed by atoms with E-state index in [-0.39, 0.29) is 82.1 Å². The Kier molecular flexibility index (Phi) is 23.2. The normalized spacial score (nSPS) is 17.0. The molecular formula is C84H90N20O9. The number of aromatic nitrogens is 12. The van der Waals surface area contributed by atoms with Crippen LogP contribution in [0.5, 0.6) is 28.7 Å². The van der Waals surface area contributed by atoms with Crippen LogP contribution >= 0.6 is 0 Å². The van der Waals surface area contributed by atoms with Crippen molar-refractivity contribution in [2.75, 3.05) is 84.7 Å². The summed E-state index contributed by atoms with van der Waals surface area (Å²) in [7, 11) is 7.81. The molecule has 10 N–H and O–H groups in total. The number of para-hydroxylation sites is 2. The van der Waals surface area contributed by atoms with E-state index in [1.54, 1.807) is 36.0 Å². The van der Waals surface area contributed by atoms with Crippen LogP contribution in [0.4, 0.5) is 17.5 Å². The summed E-state index contributed by atoms with van der Waals surface area (Å²) in [4.78, 5) is 83.4. The quantitative estimate of drug-likeness (QED) is 0.0349. The second-order valence-electron chi connectivity index (χ2n) is 29.0. The first-order valence-corrected chi connectivity index (χ1v) is 37.7. The van der Waals surface area contributed by atoms with Crippen LogP contribution in [0.3, 0.4) is 0 Å². The number of nitrogen functional groups attached to an aromatic ring is 3. The van der Waals surface area contributed by atoms with E-state index in [0.717, 1.165) is 85.3 Å². The number of aromatic amines is 3. The number of nitrogens with one attached hydrogen (secondary N) is 4. The first-order valence-electron chi connectivity index (χ1n) is 37.7. The minimum absolute atomic E-state index is 0.00210. The molecule has 0 radical (unpaired) electrons. The lowest BCUT2D eigenvalue weighted by molar-refractivity contribution is -0.127. The molecule has 12 aromatic rings. The average Bonchev–Trinajstić information content (AvgIpc) is 1.61. The number of carbonyl (C=O) groups is 3. The number of anilines is 3. The van der Waals surface area contributed by atoms with E-state index in [2.05, 4.69) is 66.8 Å². The van der Waals surface area contributed by atoms with Gasteiger partial charge >= 0.3 is 0 Å². The van der Waals surface area contributed by atoms with Crippen LogP contribution in [0.1, 0.15) is 74.2 Å². The maximum absolute atomic E-state index is 12.9. The molecule has 4 aliphatic rings. The van der Waals surface area contributed by atoms with E-state index in [4.69, 9.17) is 46.7 Å². The fourth-order valence-corrected chi connectivity index (χ4v) is 15.0. The summed E-state index contributed by atoms with van der Waals surface area (Å²) in [6, 6.07) is 50.0. The third kappa shape index (κ3) is 17.5. The largest absolute Gasteiger partial charge is 0.490 e. The standard InChI is InChI=1S/C29H33N7O3.C28H28N6O3.C27H29N7O3/c1-35(2)18-6-9-24(37)31-20-12-14-21(15-13-20)36-27-25(28(30)32-33-29(27)38)26(34-36)19-10-16-23(17-11-19)39-22-7-4-3-5-8-22;1-2-23(35)33-13-5-8-20(16-33)34-26-24(27(29)30-31-28(26)36)25(32-34)17-9-11-21(12-10-17)37-22-14-18-6-3-4-7-19(18)15-22;1-32(2)15-6-9-22(35)33-16-14-19(17-33)34-25-23(26(28)29-30-27(25)36)24(31-34)18-10-12-21(13-11-18)37-20-7-4-3-5-8-20/h3-11,16-17,20-21H,12-15,18H2,1-2H3,(H2,30,32)(H,31,37)(H,33,38);2-4,6-7,9-12,20,22H,1,5,8,13-16H2,(H2,29,30)(H,31,36);3-13,19H,14-17H2,1-2H3,(H2,28,29)(H,30,36)/b9-6+;;9-6+/t;20-;19-/m.11/s1. The van der Waals surface area contributed by atoms with Gasteiger partial charge in [0, 0.05) is 87.0 Å². The monoisotopic (exact) mass is 1520 g/mol. The number of hydrogen-bond donors (Lipinski definition) is 7. The molecule has 2 saturated heterocycles. The number of hydrogen-bond acceptors (Lipinski definition) is 20. The minimum atomic E-state index is -0.373. The zero-order chi connectivity index (χ0) is 78.8. The van der Waals surface area contributed by atoms with E-state index < -0.39 is 0 Å². The Bertz CT molecular complexity index is 5640. The molecule has 6 aromatic heterocycles. The van der Waals surface area contributed by atoms with Gasteiger partial charge in [0.25, 0.3) is 16.7 Å². The predicted octanol–water partition coefficient (Wildman–Crippen LogP) is 10.2. The summed E-state index contributed by atoms with van der Waals surface area (Å²) in [6.45, 7) is 7.13. The van der Waals surface area contributed by atoms with Crippen molar-refractivity contribution in [1.29, 1.82) is 0 Å². The maximum atomic E-state index is 12.9. The van der Waals surface area contributed by atoms with Crippen LogP contribution in [0, 0.1) is 0 Å². The van der Waals surface area contributed by atoms with E-state index in [0.29, 0.717) is 107 Å². The molecule has 2 aliphatic heterocycles. The Hall–Kier alpha value is -13.3. The number of ether oxygens (including phenoxy) is 3. The number of benzene rings is 6. The van der Waals surface area contributed by atoms with Gasteiger partial charge in [0.05, 0.1) is 34.3 Å². The van der Waals surface area contributed by atoms with Crippen LogP contribution < -0.4 is 53.4 Å². The van der Waals surface area contributed by atoms with Gasteiger partial charge in [-0.1, -0.05) is 79.4 Å². The molecule has 2 aliphatic carbocycles. The molecule has 3 fully saturated rings. The molecule has 580 valence electrons. The van der Waals surface area contributed by atoms with Crippen molar-refractivity contribution in [1.82, 2.24) is 84.8 Å². The molecule has 8 heterocycles. The summed E-state index contributed by atoms with van der Waals surface area (Å²) >= 11 is 0. The highest BCUT2D eigenvalue weighted by atomic mass is 16.5. The van der Waals surface area contributed by atoms with Crippen LogP contribution in [0.15, 0.2) is 209 Å². The Balaban J connectivity index is 0.000000141. The van der Waals surface area contributed by atoms with Gasteiger partial charge in [0.2, 0.25) is 17.7 Å². The molecule has 2 atom stereocenters. The fraction of sp³-hybridized carbons (Fsp3) is 0.286. The average molecular weight is 1520 g/mol. The highest BCUT2D eigenvalue weighted by molar-refractivity contribution is 6.02. The number of likely N-dealkylation sites (N-methyl/N-ethyl adjacent to an activating group) is 2. The van der Waals surface area contributed by atoms with E-state index in [1.807, 2.05) is 184 Å². The van der Waals surface area contributed by atoms with Crippen LogP contribution in [0.2, 0.25) is 0 Å². The summed E-state index contributed by atoms with van der Waals surface area (Å²) in [5, 5.41) is 38.7. The lowest BCUT2D eigenvalue weighted by Crippen LogP contribution is -2.40. The van der Waals surface area contributed by atoms with Crippen molar-refractivity contribution >= 4 is 67.9 Å². The SMILES string of the molecule is C=CC(=O)N1CCC[C@@H](n2nc(-c3ccc(OC4Cc5ccccc5C4)cc3)c3c(N)n[nH]c(=O)c32)C1.CN(C)C/C=C/C(=O)N1CC[C@@H](n2nc(-c3ccc(Oc4ccccc4)cc3)c3c(N)n[nH]c(=O)c32)C1.CN(C)C/C=C/C(=O)NC1CCC(n2nc(-c3ccc(Oc4ccccc4)cc3)c3c(N)n[nH]c(=O)c32)CC1. The van der Waals surface area contributed by atoms with Crippen molar-refractivity contribution in [3.63, 3.8) is 0 Å². The van der Waals surface area contributed by atoms with Gasteiger partial charge in [-0.05, 0) is 187 Å². The summed E-state index contributed by atoms with van der Waals surface area (Å²) in [6.07, 6.45) is 15.5. The fourth-order valence-electron chi connectivity index (χ4n) is 15.0. The minimum Gasteiger partial charge on any atom is -0.490 e. The van der Waals surface area contributed by atoms with Gasteiger partial charge < -0.3 is 56.3 Å². The lowest BCUT2D eigenvalue weighted by Gasteiger charge is -2.32. The molecule has 3 amide bonds. The third-order valence-corrected chi connectivity index (χ3v) is 20.5. The summed E-state index contributed by atoms with van der Waals surface area (Å²) < 4.78 is 23.3. The van der Waals surface area contributed by atoms with Crippen molar-refractivity contribution in [3.05, 3.63) is 237 Å². The number of fused-ring (bicyclic) bond motifs is 4. The molecule has 29 heteroatoms. The lowest BCUT2D eigenvalue weighted by atomic mass is 9.91. The molecule has 0 spiro atoms. The van der Waals surface area contributed by atoms with E-state index in [1.165, 1.54) is 17.2 Å². The van der Waals surface area contributed by atoms with Gasteiger partial charge in [-0.25, -0.2) is 15.3 Å². The second-order valence-corrected chi connectivity index (χ2v) is 29.0. The first-order chi connectivity index (χ1) is 54.8. The number of nitrogens with two attached hydrogens (primary N) is 3. The molecule has 6 aromatic carbocycles. The van der Waals surface area contributed by atoms with Crippen LogP contribution in [0.25, 0.3) is 66.5 Å². The highest BCUT2D eigenvalue weighted by Gasteiger charge is 2.34. The van der Waals surface area contributed by atoms with Crippen molar-refractivity contribution in [2.24, 2.45) is 0 Å². The molecule has 1 saturated carbocycles. The molecule has 29 nitrogen and oxygen atoms in total. The highest BCUT2D eigenvalue weighted by Crippen LogP contribution is 2.40. The van der Waals surface area contributed by atoms with Gasteiger partial charge in [-0.2, -0.15) is 30.6 Å². The van der Waals surface area contributed by atoms with Crippen LogP contribution in [-0.4, -0.2) is 177 Å². The van der Waals surface area contributed by atoms with Gasteiger partial charge in [-0.3, -0.25) is 42.8 Å². The third-order valence-electron chi connectivity index (χ3n) is 20.5. The Morgan fingerprint density at radius 2 is 0.885 bits per heavy atom. The van der Waals surface area contributed by atoms with Gasteiger partial charge in [0.15, 0.2) is 17.5 Å². The Morgan fingerprint density at radius 3 is 1.33 bits per heavy atom. The molecular weight excluding hydrogens is 1430 g/mol. The van der Waals surface area contributed by atoms with Crippen molar-refractivity contribution in [3.8, 4) is 62.5 Å². The molecule has 113 heavy (non-hydrogen) atoms. The zero-order valence-corrected chi connectivity index (χ0v) is 63.3. The number of likely N-dealkylation sites (tertiary alicyclic amines) is 2. The summed E-state index contributed by atoms with van der Waals surface area (Å²) in [5.41, 5.74) is 25.6. The predicted molar refractivity (Wildman–Crippen MR) is 435 cm³/mol. The van der Waals surface area contributed by atoms with Gasteiger partial charge in [-0.15, -0.1) is 0 Å². The Morgan fingerprint density at radius 1 is 0.487 bits per heavy atom. The van der Waals surface area contributed by atoms with Crippen molar-refractivity contribution < 1.29 is 28.6 Å². The Labute approximate surface area is 650 Å². The molecule has 0 bridgehead atoms. The number of nitrogens with zero attached hydrogens (tertiary/aromatic N) is 13. The number of amides is 3. The van der Waals surface area contributed by atoms with E-state index in [9.17, 15) is 28.8 Å². The molecule has 16 rings (SSSR count). The maximum Gasteiger partial charge on any atom is 0.290 e. The topological polar surface area (TPSA) is 373 Å². The second kappa shape index (κ2) is 34.3. The number of rotatable bonds is 20. The van der Waals surface area contributed by atoms with Crippen LogP contribution in [-0.2, 0) is 27.2 Å². The van der Waals surface area contributed by atoms with Crippen molar-refractivity contribution in [2.45, 2.75) is 88.1 Å². The summed E-state index contributed by atoms with van der Waals surface area (Å²) in [5.74, 6) is 3.99. The number of piperidine rings is 1.